The predicted molar refractivity (Wildman–Crippen MR) is 104 cm³/mol. The smallest absolute Gasteiger partial charge is 0.270 e. The average Bonchev–Trinajstić information content (AvgIpc) is 2.97. The Bertz CT molecular complexity index is 986. The highest BCUT2D eigenvalue weighted by molar-refractivity contribution is 7.92. The Kier molecular flexibility index (Phi) is 5.21. The largest absolute Gasteiger partial charge is 0.294 e. The molecule has 0 bridgehead atoms. The number of nitro groups is 1. The van der Waals surface area contributed by atoms with Gasteiger partial charge in [-0.3, -0.25) is 19.7 Å². The number of sulfonamides is 1. The van der Waals surface area contributed by atoms with E-state index in [9.17, 15) is 18.5 Å². The summed E-state index contributed by atoms with van der Waals surface area (Å²) in [5.41, 5.74) is 2.81. The van der Waals surface area contributed by atoms with Crippen LogP contribution in [0.4, 0.5) is 11.4 Å². The number of benzene rings is 2. The molecule has 0 saturated carbocycles. The second-order valence-corrected chi connectivity index (χ2v) is 8.97. The lowest BCUT2D eigenvalue weighted by atomic mass is 10.1. The van der Waals surface area contributed by atoms with Crippen LogP contribution in [0.5, 0.6) is 0 Å². The van der Waals surface area contributed by atoms with Crippen molar-refractivity contribution in [1.82, 2.24) is 4.90 Å². The van der Waals surface area contributed by atoms with E-state index < -0.39 is 14.9 Å². The summed E-state index contributed by atoms with van der Waals surface area (Å²) in [7, 11) is -3.94. The predicted octanol–water partition coefficient (Wildman–Crippen LogP) is 3.68. The van der Waals surface area contributed by atoms with Gasteiger partial charge < -0.3 is 0 Å². The van der Waals surface area contributed by atoms with E-state index in [-0.39, 0.29) is 10.6 Å². The lowest BCUT2D eigenvalue weighted by Gasteiger charge is -2.17. The lowest BCUT2D eigenvalue weighted by molar-refractivity contribution is -0.385. The highest BCUT2D eigenvalue weighted by Gasteiger charge is 2.26. The van der Waals surface area contributed by atoms with Crippen molar-refractivity contribution in [3.63, 3.8) is 0 Å². The van der Waals surface area contributed by atoms with E-state index in [4.69, 9.17) is 0 Å². The summed E-state index contributed by atoms with van der Waals surface area (Å²) >= 11 is 0. The highest BCUT2D eigenvalue weighted by Crippen LogP contribution is 2.32. The number of fused-ring (bicyclic) bond motifs is 1. The quantitative estimate of drug-likeness (QED) is 0.601. The summed E-state index contributed by atoms with van der Waals surface area (Å²) in [6.45, 7) is 8.33. The lowest BCUT2D eigenvalue weighted by Crippen LogP contribution is -2.21. The number of hydrogen-bond acceptors (Lipinski definition) is 5. The Morgan fingerprint density at radius 1 is 1.22 bits per heavy atom. The van der Waals surface area contributed by atoms with E-state index in [0.29, 0.717) is 23.7 Å². The maximum Gasteiger partial charge on any atom is 0.270 e. The number of nitrogens with zero attached hydrogens (tertiary/aromatic N) is 2. The molecule has 0 aliphatic carbocycles. The second-order valence-electron chi connectivity index (χ2n) is 7.32. The molecule has 0 radical (unpaired) electrons. The molecule has 1 N–H and O–H groups in total. The van der Waals surface area contributed by atoms with Crippen LogP contribution < -0.4 is 4.72 Å². The van der Waals surface area contributed by atoms with Gasteiger partial charge in [0.2, 0.25) is 0 Å². The Balaban J connectivity index is 1.92. The summed E-state index contributed by atoms with van der Waals surface area (Å²) < 4.78 is 28.5. The van der Waals surface area contributed by atoms with Gasteiger partial charge in [-0.2, -0.15) is 0 Å². The SMILES string of the molecule is Cc1ccc([N+](=O)[O-])cc1S(=O)(=O)Nc1cccc2c1CN(CC(C)C)C2. The summed E-state index contributed by atoms with van der Waals surface area (Å²) in [4.78, 5) is 12.6. The number of rotatable bonds is 6. The summed E-state index contributed by atoms with van der Waals surface area (Å²) in [5.74, 6) is 0.520. The zero-order chi connectivity index (χ0) is 19.8. The van der Waals surface area contributed by atoms with Crippen molar-refractivity contribution < 1.29 is 13.3 Å². The van der Waals surface area contributed by atoms with Crippen molar-refractivity contribution in [1.29, 1.82) is 0 Å². The van der Waals surface area contributed by atoms with Crippen LogP contribution in [0.1, 0.15) is 30.5 Å². The molecule has 1 aliphatic heterocycles. The van der Waals surface area contributed by atoms with Crippen LogP contribution in [0.2, 0.25) is 0 Å². The van der Waals surface area contributed by atoms with Crippen molar-refractivity contribution in [3.05, 3.63) is 63.2 Å². The molecule has 0 saturated heterocycles. The minimum atomic E-state index is -3.94. The molecule has 2 aromatic carbocycles. The van der Waals surface area contributed by atoms with Crippen LogP contribution in [0.15, 0.2) is 41.3 Å². The minimum absolute atomic E-state index is 0.0775. The fourth-order valence-corrected chi connectivity index (χ4v) is 4.78. The van der Waals surface area contributed by atoms with Gasteiger partial charge in [-0.1, -0.05) is 32.0 Å². The van der Waals surface area contributed by atoms with Crippen LogP contribution in [-0.4, -0.2) is 24.8 Å². The average molecular weight is 389 g/mol. The van der Waals surface area contributed by atoms with Gasteiger partial charge in [0.1, 0.15) is 0 Å². The number of non-ortho nitro benzene ring substituents is 1. The van der Waals surface area contributed by atoms with Crippen LogP contribution in [0, 0.1) is 23.0 Å². The molecule has 0 amide bonds. The first kappa shape index (κ1) is 19.3. The Morgan fingerprint density at radius 3 is 2.63 bits per heavy atom. The van der Waals surface area contributed by atoms with E-state index in [1.807, 2.05) is 12.1 Å². The molecule has 3 rings (SSSR count). The van der Waals surface area contributed by atoms with Gasteiger partial charge in [0.05, 0.1) is 15.5 Å². The number of nitrogens with one attached hydrogen (secondary N) is 1. The number of aryl methyl sites for hydroxylation is 1. The normalized spacial score (nSPS) is 14.4. The third kappa shape index (κ3) is 4.12. The van der Waals surface area contributed by atoms with E-state index in [1.165, 1.54) is 12.1 Å². The van der Waals surface area contributed by atoms with Crippen molar-refractivity contribution in [2.45, 2.75) is 38.8 Å². The van der Waals surface area contributed by atoms with E-state index in [0.717, 1.165) is 30.3 Å². The first-order valence-corrected chi connectivity index (χ1v) is 10.3. The molecule has 2 aromatic rings. The van der Waals surface area contributed by atoms with Crippen LogP contribution in [0.25, 0.3) is 0 Å². The van der Waals surface area contributed by atoms with Gasteiger partial charge in [0.25, 0.3) is 15.7 Å². The maximum atomic E-state index is 12.9. The molecule has 1 aliphatic rings. The van der Waals surface area contributed by atoms with Gasteiger partial charge in [-0.15, -0.1) is 0 Å². The second kappa shape index (κ2) is 7.28. The Hall–Kier alpha value is -2.45. The van der Waals surface area contributed by atoms with E-state index >= 15 is 0 Å². The first-order chi connectivity index (χ1) is 12.7. The van der Waals surface area contributed by atoms with Crippen LogP contribution >= 0.6 is 0 Å². The topological polar surface area (TPSA) is 92.5 Å². The summed E-state index contributed by atoms with van der Waals surface area (Å²) in [5, 5.41) is 11.0. The zero-order valence-electron chi connectivity index (χ0n) is 15.6. The third-order valence-corrected chi connectivity index (χ3v) is 6.10. The first-order valence-electron chi connectivity index (χ1n) is 8.78. The van der Waals surface area contributed by atoms with Crippen molar-refractivity contribution in [2.24, 2.45) is 5.92 Å². The summed E-state index contributed by atoms with van der Waals surface area (Å²) in [6.07, 6.45) is 0. The fourth-order valence-electron chi connectivity index (χ4n) is 3.42. The summed E-state index contributed by atoms with van der Waals surface area (Å²) in [6, 6.07) is 9.43. The molecule has 0 atom stereocenters. The molecule has 27 heavy (non-hydrogen) atoms. The van der Waals surface area contributed by atoms with Crippen molar-refractivity contribution >= 4 is 21.4 Å². The molecule has 1 heterocycles. The van der Waals surface area contributed by atoms with Gasteiger partial charge >= 0.3 is 0 Å². The van der Waals surface area contributed by atoms with E-state index in [1.54, 1.807) is 13.0 Å². The third-order valence-electron chi connectivity index (χ3n) is 4.59. The van der Waals surface area contributed by atoms with E-state index in [2.05, 4.69) is 23.5 Å². The van der Waals surface area contributed by atoms with Gasteiger partial charge in [0, 0.05) is 31.8 Å². The number of anilines is 1. The molecule has 0 aromatic heterocycles. The molecular weight excluding hydrogens is 366 g/mol. The monoisotopic (exact) mass is 389 g/mol. The Morgan fingerprint density at radius 2 is 1.96 bits per heavy atom. The molecular formula is C19H23N3O4S. The maximum absolute atomic E-state index is 12.9. The molecule has 8 heteroatoms. The number of nitro benzene ring substituents is 1. The standard InChI is InChI=1S/C19H23N3O4S/c1-13(2)10-21-11-15-5-4-6-18(17(15)12-21)20-27(25,26)19-9-16(22(23)24)8-7-14(19)3/h4-9,13,20H,10-12H2,1-3H3. The van der Waals surface area contributed by atoms with Crippen LogP contribution in [0.3, 0.4) is 0 Å². The Labute approximate surface area is 159 Å². The molecule has 144 valence electrons. The molecule has 0 spiro atoms. The molecule has 0 fully saturated rings. The fraction of sp³-hybridized carbons (Fsp3) is 0.368. The number of hydrogen-bond donors (Lipinski definition) is 1. The van der Waals surface area contributed by atoms with Crippen molar-refractivity contribution in [3.8, 4) is 0 Å². The van der Waals surface area contributed by atoms with Gasteiger partial charge in [-0.05, 0) is 35.6 Å². The zero-order valence-corrected chi connectivity index (χ0v) is 16.4. The van der Waals surface area contributed by atoms with Gasteiger partial charge in [0.15, 0.2) is 0 Å². The van der Waals surface area contributed by atoms with Gasteiger partial charge in [-0.25, -0.2) is 8.42 Å². The molecule has 0 unspecified atom stereocenters. The van der Waals surface area contributed by atoms with Crippen molar-refractivity contribution in [2.75, 3.05) is 11.3 Å². The highest BCUT2D eigenvalue weighted by atomic mass is 32.2. The van der Waals surface area contributed by atoms with Crippen LogP contribution in [-0.2, 0) is 23.1 Å². The molecule has 7 nitrogen and oxygen atoms in total. The minimum Gasteiger partial charge on any atom is -0.294 e.